The van der Waals surface area contributed by atoms with Crippen molar-refractivity contribution >= 4 is 17.8 Å². The van der Waals surface area contributed by atoms with Crippen LogP contribution in [0, 0.1) is 5.92 Å². The topological polar surface area (TPSA) is 95.5 Å². The first-order chi connectivity index (χ1) is 12.0. The summed E-state index contributed by atoms with van der Waals surface area (Å²) in [6, 6.07) is 8.53. The van der Waals surface area contributed by atoms with Gasteiger partial charge in [-0.1, -0.05) is 49.6 Å². The molecular weight excluding hydrogens is 320 g/mol. The summed E-state index contributed by atoms with van der Waals surface area (Å²) < 4.78 is 0. The van der Waals surface area contributed by atoms with Crippen LogP contribution in [-0.4, -0.2) is 28.9 Å². The lowest BCUT2D eigenvalue weighted by Crippen LogP contribution is -2.44. The van der Waals surface area contributed by atoms with Crippen LogP contribution in [0.4, 0.5) is 0 Å². The van der Waals surface area contributed by atoms with Crippen molar-refractivity contribution in [1.29, 1.82) is 0 Å². The average molecular weight is 346 g/mol. The molecule has 1 unspecified atom stereocenters. The van der Waals surface area contributed by atoms with Crippen molar-refractivity contribution in [1.82, 2.24) is 10.6 Å². The Morgan fingerprint density at radius 2 is 1.80 bits per heavy atom. The number of benzene rings is 1. The molecular formula is C19H26N2O4. The van der Waals surface area contributed by atoms with Crippen molar-refractivity contribution < 1.29 is 19.5 Å². The number of nitrogens with one attached hydrogen (secondary N) is 2. The fourth-order valence-corrected chi connectivity index (χ4v) is 3.41. The second-order valence-electron chi connectivity index (χ2n) is 6.62. The zero-order valence-electron chi connectivity index (χ0n) is 14.5. The number of hydrogen-bond acceptors (Lipinski definition) is 3. The molecule has 136 valence electrons. The Hall–Kier alpha value is -2.37. The smallest absolute Gasteiger partial charge is 0.308 e. The van der Waals surface area contributed by atoms with Crippen molar-refractivity contribution in [2.24, 2.45) is 5.92 Å². The summed E-state index contributed by atoms with van der Waals surface area (Å²) in [5.41, 5.74) is 0.850. The van der Waals surface area contributed by atoms with Gasteiger partial charge in [-0.15, -0.1) is 0 Å². The summed E-state index contributed by atoms with van der Waals surface area (Å²) in [6.07, 6.45) is 4.15. The van der Waals surface area contributed by atoms with Gasteiger partial charge in [-0.05, 0) is 18.4 Å². The predicted molar refractivity (Wildman–Crippen MR) is 93.8 cm³/mol. The number of carboxylic acids is 1. The van der Waals surface area contributed by atoms with Crippen LogP contribution in [0.2, 0.25) is 0 Å². The number of aliphatic carboxylic acids is 1. The highest BCUT2D eigenvalue weighted by atomic mass is 16.4. The number of carbonyl (C=O) groups is 3. The Balaban J connectivity index is 2.04. The molecule has 0 aromatic heterocycles. The number of rotatable bonds is 6. The first-order valence-corrected chi connectivity index (χ1v) is 8.81. The van der Waals surface area contributed by atoms with Crippen LogP contribution >= 0.6 is 0 Å². The van der Waals surface area contributed by atoms with E-state index in [0.29, 0.717) is 12.8 Å². The molecule has 0 spiro atoms. The van der Waals surface area contributed by atoms with Crippen molar-refractivity contribution in [3.8, 4) is 0 Å². The molecule has 1 aliphatic rings. The standard InChI is InChI=1S/C19H26N2O4/c1-13(22)20-17(14-8-4-2-5-9-14)12-18(23)21-16-11-7-3-6-10-15(16)19(24)25/h2,4-5,8-9,15-17H,3,6-7,10-12H2,1H3,(H,20,22)(H,21,23)(H,24,25)/t15-,16+,17?/m1/s1. The Labute approximate surface area is 148 Å². The first-order valence-electron chi connectivity index (χ1n) is 8.81. The number of hydrogen-bond donors (Lipinski definition) is 3. The molecule has 6 heteroatoms. The Kier molecular flexibility index (Phi) is 6.98. The van der Waals surface area contributed by atoms with Gasteiger partial charge in [0.1, 0.15) is 0 Å². The van der Waals surface area contributed by atoms with Crippen molar-refractivity contribution in [2.45, 2.75) is 57.5 Å². The summed E-state index contributed by atoms with van der Waals surface area (Å²) in [7, 11) is 0. The van der Waals surface area contributed by atoms with E-state index in [0.717, 1.165) is 24.8 Å². The molecule has 1 aromatic carbocycles. The van der Waals surface area contributed by atoms with Gasteiger partial charge < -0.3 is 15.7 Å². The number of carboxylic acid groups (broad SMARTS) is 1. The minimum absolute atomic E-state index is 0.0897. The van der Waals surface area contributed by atoms with Gasteiger partial charge in [0.05, 0.1) is 18.4 Å². The van der Waals surface area contributed by atoms with E-state index in [4.69, 9.17) is 0 Å². The molecule has 1 aromatic rings. The lowest BCUT2D eigenvalue weighted by Gasteiger charge is -2.24. The van der Waals surface area contributed by atoms with Crippen LogP contribution in [0.3, 0.4) is 0 Å². The van der Waals surface area contributed by atoms with Crippen molar-refractivity contribution in [3.05, 3.63) is 35.9 Å². The first kappa shape index (κ1) is 19.0. The molecule has 0 saturated heterocycles. The molecule has 1 saturated carbocycles. The third-order valence-corrected chi connectivity index (χ3v) is 4.65. The minimum atomic E-state index is -0.853. The van der Waals surface area contributed by atoms with Gasteiger partial charge in [-0.3, -0.25) is 14.4 Å². The molecule has 3 N–H and O–H groups in total. The van der Waals surface area contributed by atoms with Crippen LogP contribution in [0.15, 0.2) is 30.3 Å². The van der Waals surface area contributed by atoms with Crippen LogP contribution in [0.5, 0.6) is 0 Å². The molecule has 1 aliphatic carbocycles. The molecule has 0 heterocycles. The predicted octanol–water partition coefficient (Wildman–Crippen LogP) is 2.40. The summed E-state index contributed by atoms with van der Waals surface area (Å²) in [6.45, 7) is 1.42. The van der Waals surface area contributed by atoms with E-state index in [9.17, 15) is 19.5 Å². The van der Waals surface area contributed by atoms with Crippen LogP contribution in [0.25, 0.3) is 0 Å². The van der Waals surface area contributed by atoms with Gasteiger partial charge in [0.15, 0.2) is 0 Å². The van der Waals surface area contributed by atoms with E-state index in [1.165, 1.54) is 6.92 Å². The molecule has 3 atom stereocenters. The summed E-state index contributed by atoms with van der Waals surface area (Å²) in [5, 5.41) is 15.1. The van der Waals surface area contributed by atoms with Gasteiger partial charge in [0, 0.05) is 13.0 Å². The highest BCUT2D eigenvalue weighted by molar-refractivity contribution is 5.80. The molecule has 0 aliphatic heterocycles. The SMILES string of the molecule is CC(=O)NC(CC(=O)N[C@H]1CCCCC[C@H]1C(=O)O)c1ccccc1. The maximum Gasteiger partial charge on any atom is 0.308 e. The third-order valence-electron chi connectivity index (χ3n) is 4.65. The van der Waals surface area contributed by atoms with E-state index in [-0.39, 0.29) is 24.3 Å². The highest BCUT2D eigenvalue weighted by Crippen LogP contribution is 2.24. The zero-order valence-corrected chi connectivity index (χ0v) is 14.5. The maximum atomic E-state index is 12.5. The highest BCUT2D eigenvalue weighted by Gasteiger charge is 2.31. The van der Waals surface area contributed by atoms with Crippen molar-refractivity contribution in [3.63, 3.8) is 0 Å². The molecule has 0 bridgehead atoms. The van der Waals surface area contributed by atoms with Gasteiger partial charge in [0.2, 0.25) is 11.8 Å². The minimum Gasteiger partial charge on any atom is -0.481 e. The largest absolute Gasteiger partial charge is 0.481 e. The van der Waals surface area contributed by atoms with E-state index >= 15 is 0 Å². The van der Waals surface area contributed by atoms with Gasteiger partial charge >= 0.3 is 5.97 Å². The maximum absolute atomic E-state index is 12.5. The van der Waals surface area contributed by atoms with Gasteiger partial charge in [-0.2, -0.15) is 0 Å². The Morgan fingerprint density at radius 1 is 1.12 bits per heavy atom. The molecule has 2 rings (SSSR count). The molecule has 2 amide bonds. The van der Waals surface area contributed by atoms with E-state index in [1.54, 1.807) is 0 Å². The fraction of sp³-hybridized carbons (Fsp3) is 0.526. The Morgan fingerprint density at radius 3 is 2.44 bits per heavy atom. The van der Waals surface area contributed by atoms with Crippen LogP contribution < -0.4 is 10.6 Å². The summed E-state index contributed by atoms with van der Waals surface area (Å²) in [4.78, 5) is 35.4. The lowest BCUT2D eigenvalue weighted by molar-refractivity contribution is -0.143. The van der Waals surface area contributed by atoms with Crippen LogP contribution in [-0.2, 0) is 14.4 Å². The average Bonchev–Trinajstić information content (AvgIpc) is 2.80. The summed E-state index contributed by atoms with van der Waals surface area (Å²) in [5.74, 6) is -1.84. The zero-order chi connectivity index (χ0) is 18.2. The van der Waals surface area contributed by atoms with E-state index in [1.807, 2.05) is 30.3 Å². The van der Waals surface area contributed by atoms with Crippen LogP contribution in [0.1, 0.15) is 57.1 Å². The molecule has 0 radical (unpaired) electrons. The quantitative estimate of drug-likeness (QED) is 0.689. The number of amides is 2. The second-order valence-corrected chi connectivity index (χ2v) is 6.62. The van der Waals surface area contributed by atoms with Gasteiger partial charge in [-0.25, -0.2) is 0 Å². The molecule has 1 fully saturated rings. The monoisotopic (exact) mass is 346 g/mol. The van der Waals surface area contributed by atoms with Gasteiger partial charge in [0.25, 0.3) is 0 Å². The third kappa shape index (κ3) is 5.89. The normalized spacial score (nSPS) is 21.6. The number of carbonyl (C=O) groups excluding carboxylic acids is 2. The Bertz CT molecular complexity index is 603. The fourth-order valence-electron chi connectivity index (χ4n) is 3.41. The second kappa shape index (κ2) is 9.20. The van der Waals surface area contributed by atoms with Crippen molar-refractivity contribution in [2.75, 3.05) is 0 Å². The molecule has 6 nitrogen and oxygen atoms in total. The van der Waals surface area contributed by atoms with E-state index in [2.05, 4.69) is 10.6 Å². The van der Waals surface area contributed by atoms with E-state index < -0.39 is 17.9 Å². The molecule has 25 heavy (non-hydrogen) atoms. The summed E-state index contributed by atoms with van der Waals surface area (Å²) >= 11 is 0. The lowest BCUT2D eigenvalue weighted by atomic mass is 9.94.